The summed E-state index contributed by atoms with van der Waals surface area (Å²) in [4.78, 5) is 15.0. The van der Waals surface area contributed by atoms with Crippen molar-refractivity contribution in [2.75, 3.05) is 20.3 Å². The van der Waals surface area contributed by atoms with Gasteiger partial charge in [-0.2, -0.15) is 0 Å². The highest BCUT2D eigenvalue weighted by Crippen LogP contribution is 2.58. The molecule has 0 unspecified atom stereocenters. The number of amides is 1. The van der Waals surface area contributed by atoms with Gasteiger partial charge in [-0.25, -0.2) is 0 Å². The van der Waals surface area contributed by atoms with Crippen LogP contribution in [0.15, 0.2) is 48.6 Å². The predicted molar refractivity (Wildman–Crippen MR) is 79.0 cm³/mol. The van der Waals surface area contributed by atoms with Gasteiger partial charge in [0.25, 0.3) is 0 Å². The van der Waals surface area contributed by atoms with E-state index in [-0.39, 0.29) is 23.3 Å². The average molecular weight is 279 g/mol. The molecule has 4 aliphatic heterocycles. The van der Waals surface area contributed by atoms with Gasteiger partial charge in [-0.15, -0.1) is 0 Å². The number of likely N-dealkylation sites (N-methyl/N-ethyl adjacent to an activating group) is 1. The maximum Gasteiger partial charge on any atom is 0.236 e. The molecule has 0 saturated carbocycles. The third kappa shape index (κ3) is 1.08. The zero-order chi connectivity index (χ0) is 14.2. The minimum Gasteiger partial charge on any atom is -0.379 e. The zero-order valence-corrected chi connectivity index (χ0v) is 12.0. The van der Waals surface area contributed by atoms with Gasteiger partial charge >= 0.3 is 0 Å². The van der Waals surface area contributed by atoms with Crippen molar-refractivity contribution in [3.05, 3.63) is 59.7 Å². The normalized spacial score (nSPS) is 42.0. The highest BCUT2D eigenvalue weighted by Gasteiger charge is 2.64. The molecule has 106 valence electrons. The lowest BCUT2D eigenvalue weighted by Gasteiger charge is -2.53. The molecule has 1 amide bonds. The van der Waals surface area contributed by atoms with Gasteiger partial charge in [0.15, 0.2) is 0 Å². The largest absolute Gasteiger partial charge is 0.379 e. The summed E-state index contributed by atoms with van der Waals surface area (Å²) in [5.74, 6) is 0.451. The van der Waals surface area contributed by atoms with Gasteiger partial charge in [-0.05, 0) is 11.1 Å². The van der Waals surface area contributed by atoms with Crippen LogP contribution in [0.4, 0.5) is 0 Å². The first-order valence-electron chi connectivity index (χ1n) is 7.53. The first-order valence-corrected chi connectivity index (χ1v) is 7.53. The molecule has 4 heterocycles. The molecule has 1 fully saturated rings. The molecule has 8 rings (SSSR count). The van der Waals surface area contributed by atoms with Crippen molar-refractivity contribution in [1.82, 2.24) is 4.90 Å². The van der Waals surface area contributed by atoms with Crippen LogP contribution in [0.1, 0.15) is 17.0 Å². The lowest BCUT2D eigenvalue weighted by molar-refractivity contribution is -0.143. The molecule has 3 heteroatoms. The van der Waals surface area contributed by atoms with Gasteiger partial charge in [0.05, 0.1) is 24.7 Å². The van der Waals surface area contributed by atoms with Crippen LogP contribution in [-0.4, -0.2) is 37.1 Å². The molecule has 21 heavy (non-hydrogen) atoms. The smallest absolute Gasteiger partial charge is 0.236 e. The Labute approximate surface area is 123 Å². The Morgan fingerprint density at radius 3 is 2.81 bits per heavy atom. The Balaban J connectivity index is 1.93. The van der Waals surface area contributed by atoms with Crippen LogP contribution in [-0.2, 0) is 14.9 Å². The van der Waals surface area contributed by atoms with Crippen LogP contribution in [0, 0.1) is 5.41 Å². The second-order valence-electron chi connectivity index (χ2n) is 6.67. The number of rotatable bonds is 0. The summed E-state index contributed by atoms with van der Waals surface area (Å²) < 4.78 is 5.87. The molecule has 1 aromatic rings. The number of hydrogen-bond acceptors (Lipinski definition) is 2. The van der Waals surface area contributed by atoms with Crippen molar-refractivity contribution in [2.45, 2.75) is 17.4 Å². The highest BCUT2D eigenvalue weighted by atomic mass is 16.5. The first-order chi connectivity index (χ1) is 10.2. The van der Waals surface area contributed by atoms with Crippen molar-refractivity contribution < 1.29 is 9.53 Å². The van der Waals surface area contributed by atoms with Gasteiger partial charge in [0.2, 0.25) is 5.91 Å². The number of ether oxygens (including phenoxy) is 1. The Hall–Kier alpha value is -1.87. The van der Waals surface area contributed by atoms with E-state index >= 15 is 0 Å². The van der Waals surface area contributed by atoms with E-state index in [1.54, 1.807) is 0 Å². The summed E-state index contributed by atoms with van der Waals surface area (Å²) >= 11 is 0. The van der Waals surface area contributed by atoms with Crippen molar-refractivity contribution in [2.24, 2.45) is 5.41 Å². The van der Waals surface area contributed by atoms with Gasteiger partial charge < -0.3 is 9.64 Å². The van der Waals surface area contributed by atoms with Crippen molar-refractivity contribution in [3.8, 4) is 0 Å². The molecule has 3 nitrogen and oxygen atoms in total. The SMILES string of the molecule is CN1C(=O)[C@]23C=C[C@H]1[C@H]1C=C[C@]2(COC3)c2ccccc21. The van der Waals surface area contributed by atoms with Crippen molar-refractivity contribution >= 4 is 5.91 Å². The van der Waals surface area contributed by atoms with Crippen LogP contribution in [0.25, 0.3) is 0 Å². The van der Waals surface area contributed by atoms with Gasteiger partial charge in [0, 0.05) is 13.0 Å². The van der Waals surface area contributed by atoms with Crippen LogP contribution in [0.2, 0.25) is 0 Å². The molecular formula is C18H17NO2. The van der Waals surface area contributed by atoms with E-state index in [2.05, 4.69) is 48.6 Å². The molecule has 3 aliphatic carbocycles. The molecular weight excluding hydrogens is 262 g/mol. The fourth-order valence-corrected chi connectivity index (χ4v) is 4.82. The summed E-state index contributed by atoms with van der Waals surface area (Å²) in [6.07, 6.45) is 8.91. The second-order valence-corrected chi connectivity index (χ2v) is 6.67. The van der Waals surface area contributed by atoms with Crippen LogP contribution < -0.4 is 0 Å². The van der Waals surface area contributed by atoms with Crippen LogP contribution >= 0.6 is 0 Å². The summed E-state index contributed by atoms with van der Waals surface area (Å²) in [7, 11) is 1.93. The van der Waals surface area contributed by atoms with Gasteiger partial charge in [0.1, 0.15) is 5.41 Å². The number of benzene rings is 1. The van der Waals surface area contributed by atoms with E-state index in [1.165, 1.54) is 11.1 Å². The average Bonchev–Trinajstić information content (AvgIpc) is 2.83. The molecule has 0 N–H and O–H groups in total. The van der Waals surface area contributed by atoms with E-state index in [0.717, 1.165) is 0 Å². The zero-order valence-electron chi connectivity index (χ0n) is 12.0. The quantitative estimate of drug-likeness (QED) is 0.680. The predicted octanol–water partition coefficient (Wildman–Crippen LogP) is 2.00. The second kappa shape index (κ2) is 3.47. The molecule has 0 radical (unpaired) electrons. The molecule has 4 bridgehead atoms. The first kappa shape index (κ1) is 11.8. The fraction of sp³-hybridized carbons (Fsp3) is 0.389. The van der Waals surface area contributed by atoms with E-state index in [0.29, 0.717) is 13.2 Å². The minimum atomic E-state index is -0.573. The Bertz CT molecular complexity index is 722. The summed E-state index contributed by atoms with van der Waals surface area (Å²) in [6, 6.07) is 8.69. The Morgan fingerprint density at radius 1 is 1.14 bits per heavy atom. The van der Waals surface area contributed by atoms with Gasteiger partial charge in [-0.1, -0.05) is 48.6 Å². The third-order valence-corrected chi connectivity index (χ3v) is 5.94. The monoisotopic (exact) mass is 279 g/mol. The molecule has 7 aliphatic rings. The van der Waals surface area contributed by atoms with Crippen LogP contribution in [0.5, 0.6) is 0 Å². The number of carbonyl (C=O) groups is 1. The lowest BCUT2D eigenvalue weighted by atomic mass is 9.53. The fourth-order valence-electron chi connectivity index (χ4n) is 4.82. The minimum absolute atomic E-state index is 0.111. The number of carbonyl (C=O) groups excluding carboxylic acids is 1. The van der Waals surface area contributed by atoms with E-state index in [4.69, 9.17) is 4.74 Å². The maximum absolute atomic E-state index is 13.1. The highest BCUT2D eigenvalue weighted by molar-refractivity contribution is 5.91. The summed E-state index contributed by atoms with van der Waals surface area (Å²) in [5, 5.41) is 0. The van der Waals surface area contributed by atoms with Crippen molar-refractivity contribution in [3.63, 3.8) is 0 Å². The number of hydrogen-bond donors (Lipinski definition) is 0. The van der Waals surface area contributed by atoms with Crippen molar-refractivity contribution in [1.29, 1.82) is 0 Å². The molecule has 1 saturated heterocycles. The topological polar surface area (TPSA) is 29.5 Å². The summed E-state index contributed by atoms with van der Waals surface area (Å²) in [5.41, 5.74) is 1.72. The van der Waals surface area contributed by atoms with E-state index in [9.17, 15) is 4.79 Å². The summed E-state index contributed by atoms with van der Waals surface area (Å²) in [6.45, 7) is 1.06. The Kier molecular flexibility index (Phi) is 1.94. The van der Waals surface area contributed by atoms with E-state index < -0.39 is 5.41 Å². The molecule has 0 aromatic heterocycles. The number of nitrogens with zero attached hydrogens (tertiary/aromatic N) is 1. The molecule has 4 atom stereocenters. The molecule has 2 spiro atoms. The van der Waals surface area contributed by atoms with Gasteiger partial charge in [-0.3, -0.25) is 4.79 Å². The maximum atomic E-state index is 13.1. The lowest BCUT2D eigenvalue weighted by Crippen LogP contribution is -2.61. The van der Waals surface area contributed by atoms with Crippen LogP contribution in [0.3, 0.4) is 0 Å². The Morgan fingerprint density at radius 2 is 1.90 bits per heavy atom. The third-order valence-electron chi connectivity index (χ3n) is 5.94. The molecule has 1 aromatic carbocycles. The van der Waals surface area contributed by atoms with E-state index in [1.807, 2.05) is 11.9 Å². The standard InChI is InChI=1S/C18H17NO2/c1-19-15-7-9-18(16(19)20)11-21-10-17(18)8-6-13(15)12-4-2-3-5-14(12)17/h2-9,13,15H,10-11H2,1H3/t13-,15-,17-,18+/m0/s1.